The number of carbonyl (C=O) groups excluding carboxylic acids is 1. The number of halogens is 1. The second-order valence-electron chi connectivity index (χ2n) is 5.61. The first-order chi connectivity index (χ1) is 13.1. The number of aromatic nitrogens is 1. The van der Waals surface area contributed by atoms with Gasteiger partial charge in [0.15, 0.2) is 0 Å². The van der Waals surface area contributed by atoms with E-state index in [-0.39, 0.29) is 18.0 Å². The van der Waals surface area contributed by atoms with Gasteiger partial charge in [0.1, 0.15) is 23.7 Å². The van der Waals surface area contributed by atoms with Crippen molar-refractivity contribution in [2.24, 2.45) is 0 Å². The summed E-state index contributed by atoms with van der Waals surface area (Å²) in [6.07, 6.45) is 1.41. The van der Waals surface area contributed by atoms with Crippen LogP contribution in [0, 0.1) is 5.82 Å². The van der Waals surface area contributed by atoms with Gasteiger partial charge < -0.3 is 14.9 Å². The van der Waals surface area contributed by atoms with Crippen LogP contribution in [-0.4, -0.2) is 17.7 Å². The zero-order chi connectivity index (χ0) is 19.2. The molecule has 0 saturated heterocycles. The Bertz CT molecular complexity index is 999. The van der Waals surface area contributed by atoms with Gasteiger partial charge in [0, 0.05) is 6.20 Å². The van der Waals surface area contributed by atoms with Gasteiger partial charge in [-0.15, -0.1) is 0 Å². The molecule has 0 radical (unpaired) electrons. The molecule has 7 heteroatoms. The van der Waals surface area contributed by atoms with E-state index >= 15 is 0 Å². The summed E-state index contributed by atoms with van der Waals surface area (Å²) in [5, 5.41) is 2.65. The highest BCUT2D eigenvalue weighted by Gasteiger charge is 2.15. The lowest BCUT2D eigenvalue weighted by atomic mass is 10.2. The summed E-state index contributed by atoms with van der Waals surface area (Å²) in [4.78, 5) is 30.4. The van der Waals surface area contributed by atoms with Crippen molar-refractivity contribution in [2.45, 2.75) is 6.61 Å². The molecule has 138 valence electrons. The lowest BCUT2D eigenvalue weighted by molar-refractivity contribution is 0.0863. The first-order valence-electron chi connectivity index (χ1n) is 8.12. The maximum atomic E-state index is 12.9. The monoisotopic (exact) mass is 368 g/mol. The summed E-state index contributed by atoms with van der Waals surface area (Å²) in [6, 6.07) is 15.5. The molecule has 0 spiro atoms. The van der Waals surface area contributed by atoms with Crippen LogP contribution in [0.4, 0.5) is 10.1 Å². The van der Waals surface area contributed by atoms with Gasteiger partial charge in [0.25, 0.3) is 11.5 Å². The molecule has 6 nitrogen and oxygen atoms in total. The molecule has 0 aliphatic heterocycles. The number of hydrogen-bond acceptors (Lipinski definition) is 4. The summed E-state index contributed by atoms with van der Waals surface area (Å²) < 4.78 is 19.1. The minimum Gasteiger partial charge on any atom is -0.495 e. The van der Waals surface area contributed by atoms with Gasteiger partial charge in [-0.3, -0.25) is 9.59 Å². The highest BCUT2D eigenvalue weighted by atomic mass is 19.1. The van der Waals surface area contributed by atoms with E-state index in [1.165, 1.54) is 37.6 Å². The largest absolute Gasteiger partial charge is 0.495 e. The van der Waals surface area contributed by atoms with Crippen molar-refractivity contribution in [1.29, 1.82) is 0 Å². The number of benzene rings is 2. The van der Waals surface area contributed by atoms with E-state index in [1.807, 2.05) is 0 Å². The van der Waals surface area contributed by atoms with Gasteiger partial charge in [-0.2, -0.15) is 4.73 Å². The Kier molecular flexibility index (Phi) is 5.51. The number of hydrogen-bond donors (Lipinski definition) is 1. The summed E-state index contributed by atoms with van der Waals surface area (Å²) in [7, 11) is 1.49. The van der Waals surface area contributed by atoms with E-state index in [0.717, 1.165) is 4.73 Å². The summed E-state index contributed by atoms with van der Waals surface area (Å²) in [5.74, 6) is -0.454. The van der Waals surface area contributed by atoms with E-state index in [0.29, 0.717) is 17.0 Å². The maximum Gasteiger partial charge on any atom is 0.295 e. The first kappa shape index (κ1) is 18.2. The van der Waals surface area contributed by atoms with Crippen molar-refractivity contribution >= 4 is 11.6 Å². The van der Waals surface area contributed by atoms with Gasteiger partial charge >= 0.3 is 0 Å². The molecule has 0 aliphatic carbocycles. The molecule has 0 bridgehead atoms. The Balaban J connectivity index is 1.76. The molecule has 1 amide bonds. The highest BCUT2D eigenvalue weighted by molar-refractivity contribution is 6.04. The van der Waals surface area contributed by atoms with Crippen molar-refractivity contribution in [1.82, 2.24) is 4.73 Å². The third-order valence-electron chi connectivity index (χ3n) is 3.80. The van der Waals surface area contributed by atoms with Crippen LogP contribution in [0.1, 0.15) is 15.9 Å². The maximum absolute atomic E-state index is 12.9. The second-order valence-corrected chi connectivity index (χ2v) is 5.61. The van der Waals surface area contributed by atoms with E-state index in [4.69, 9.17) is 9.57 Å². The van der Waals surface area contributed by atoms with E-state index in [2.05, 4.69) is 5.32 Å². The Labute approximate surface area is 154 Å². The predicted molar refractivity (Wildman–Crippen MR) is 98.3 cm³/mol. The number of nitrogens with zero attached hydrogens (tertiary/aromatic N) is 1. The topological polar surface area (TPSA) is 69.6 Å². The Hall–Kier alpha value is -3.61. The van der Waals surface area contributed by atoms with E-state index in [9.17, 15) is 14.0 Å². The molecule has 0 atom stereocenters. The SMILES string of the molecule is COc1ccccc1NC(=O)c1cccn(OCc2ccc(F)cc2)c1=O. The average Bonchev–Trinajstić information content (AvgIpc) is 2.69. The third-order valence-corrected chi connectivity index (χ3v) is 3.80. The fraction of sp³-hybridized carbons (Fsp3) is 0.100. The molecule has 2 aromatic carbocycles. The van der Waals surface area contributed by atoms with Gasteiger partial charge in [0.2, 0.25) is 0 Å². The molecule has 0 aliphatic rings. The van der Waals surface area contributed by atoms with Crippen LogP contribution in [0.15, 0.2) is 71.7 Å². The standard InChI is InChI=1S/C20H17FN2O4/c1-26-18-7-3-2-6-17(18)22-19(24)16-5-4-12-23(20(16)25)27-13-14-8-10-15(21)11-9-14/h2-12H,13H2,1H3,(H,22,24). The predicted octanol–water partition coefficient (Wildman–Crippen LogP) is 2.88. The number of nitrogens with one attached hydrogen (secondary N) is 1. The minimum atomic E-state index is -0.605. The Morgan fingerprint density at radius 1 is 1.07 bits per heavy atom. The number of carbonyl (C=O) groups is 1. The van der Waals surface area contributed by atoms with Crippen LogP contribution in [0.3, 0.4) is 0 Å². The number of anilines is 1. The zero-order valence-corrected chi connectivity index (χ0v) is 14.5. The molecule has 27 heavy (non-hydrogen) atoms. The zero-order valence-electron chi connectivity index (χ0n) is 14.5. The van der Waals surface area contributed by atoms with Gasteiger partial charge in [-0.25, -0.2) is 4.39 Å². The number of amides is 1. The van der Waals surface area contributed by atoms with Crippen molar-refractivity contribution < 1.29 is 18.8 Å². The van der Waals surface area contributed by atoms with E-state index < -0.39 is 11.5 Å². The van der Waals surface area contributed by atoms with E-state index in [1.54, 1.807) is 36.4 Å². The molecule has 0 saturated carbocycles. The number of methoxy groups -OCH3 is 1. The summed E-state index contributed by atoms with van der Waals surface area (Å²) >= 11 is 0. The number of rotatable bonds is 6. The van der Waals surface area contributed by atoms with Crippen LogP contribution < -0.4 is 20.5 Å². The van der Waals surface area contributed by atoms with Gasteiger partial charge in [-0.05, 0) is 42.0 Å². The molecular formula is C20H17FN2O4. The molecule has 0 fully saturated rings. The Morgan fingerprint density at radius 3 is 2.56 bits per heavy atom. The van der Waals surface area contributed by atoms with Crippen molar-refractivity contribution in [3.8, 4) is 5.75 Å². The van der Waals surface area contributed by atoms with Gasteiger partial charge in [0.05, 0.1) is 12.8 Å². The molecule has 3 rings (SSSR count). The smallest absolute Gasteiger partial charge is 0.295 e. The van der Waals surface area contributed by atoms with Crippen molar-refractivity contribution in [3.05, 3.63) is 94.2 Å². The minimum absolute atomic E-state index is 0.0533. The van der Waals surface area contributed by atoms with Crippen LogP contribution in [0.25, 0.3) is 0 Å². The second kappa shape index (κ2) is 8.18. The van der Waals surface area contributed by atoms with Gasteiger partial charge in [-0.1, -0.05) is 24.3 Å². The van der Waals surface area contributed by atoms with Crippen LogP contribution >= 0.6 is 0 Å². The molecule has 1 heterocycles. The number of para-hydroxylation sites is 2. The summed E-state index contributed by atoms with van der Waals surface area (Å²) in [5.41, 5.74) is 0.453. The lowest BCUT2D eigenvalue weighted by Gasteiger charge is -2.11. The third kappa shape index (κ3) is 4.33. The van der Waals surface area contributed by atoms with Crippen LogP contribution in [-0.2, 0) is 6.61 Å². The quantitative estimate of drug-likeness (QED) is 0.726. The summed E-state index contributed by atoms with van der Waals surface area (Å²) in [6.45, 7) is 0.0533. The number of ether oxygens (including phenoxy) is 1. The normalized spacial score (nSPS) is 10.3. The molecular weight excluding hydrogens is 351 g/mol. The van der Waals surface area contributed by atoms with Crippen LogP contribution in [0.5, 0.6) is 5.75 Å². The molecule has 1 aromatic heterocycles. The number of pyridine rings is 1. The van der Waals surface area contributed by atoms with Crippen molar-refractivity contribution in [2.75, 3.05) is 12.4 Å². The molecule has 0 unspecified atom stereocenters. The van der Waals surface area contributed by atoms with Crippen molar-refractivity contribution in [3.63, 3.8) is 0 Å². The first-order valence-corrected chi connectivity index (χ1v) is 8.12. The molecule has 3 aromatic rings. The average molecular weight is 368 g/mol. The lowest BCUT2D eigenvalue weighted by Crippen LogP contribution is -2.32. The fourth-order valence-electron chi connectivity index (χ4n) is 2.41. The van der Waals surface area contributed by atoms with Crippen LogP contribution in [0.2, 0.25) is 0 Å². The highest BCUT2D eigenvalue weighted by Crippen LogP contribution is 2.23. The fourth-order valence-corrected chi connectivity index (χ4v) is 2.41. The Morgan fingerprint density at radius 2 is 1.81 bits per heavy atom. The molecule has 1 N–H and O–H groups in total.